The van der Waals surface area contributed by atoms with Gasteiger partial charge in [0.25, 0.3) is 0 Å². The maximum Gasteiger partial charge on any atom is 0.249 e. The Hall–Kier alpha value is -2.43. The van der Waals surface area contributed by atoms with E-state index in [9.17, 15) is 13.6 Å². The molecule has 0 fully saturated rings. The summed E-state index contributed by atoms with van der Waals surface area (Å²) in [6.45, 7) is 2.57. The largest absolute Gasteiger partial charge is 0.494 e. The molecule has 0 aromatic heterocycles. The Morgan fingerprint density at radius 3 is 2.55 bits per heavy atom. The summed E-state index contributed by atoms with van der Waals surface area (Å²) in [6, 6.07) is 7.83. The zero-order valence-corrected chi connectivity index (χ0v) is 12.2. The van der Waals surface area contributed by atoms with E-state index in [-0.39, 0.29) is 11.1 Å². The summed E-state index contributed by atoms with van der Waals surface area (Å²) < 4.78 is 32.6. The number of ether oxygens (including phenoxy) is 1. The predicted molar refractivity (Wildman–Crippen MR) is 80.7 cm³/mol. The highest BCUT2D eigenvalue weighted by Crippen LogP contribution is 2.30. The molecule has 3 nitrogen and oxygen atoms in total. The van der Waals surface area contributed by atoms with Crippen molar-refractivity contribution in [1.29, 1.82) is 0 Å². The second-order valence-corrected chi connectivity index (χ2v) is 4.90. The number of hydrogen-bond donors (Lipinski definition) is 1. The monoisotopic (exact) mass is 305 g/mol. The number of primary amides is 1. The fourth-order valence-electron chi connectivity index (χ4n) is 2.09. The van der Waals surface area contributed by atoms with Gasteiger partial charge >= 0.3 is 0 Å². The Labute approximate surface area is 127 Å². The number of carbonyl (C=O) groups excluding carboxylic acids is 1. The van der Waals surface area contributed by atoms with E-state index in [2.05, 4.69) is 0 Å². The molecular weight excluding hydrogens is 288 g/mol. The molecule has 22 heavy (non-hydrogen) atoms. The van der Waals surface area contributed by atoms with Crippen LogP contribution < -0.4 is 10.5 Å². The second kappa shape index (κ2) is 7.02. The lowest BCUT2D eigenvalue weighted by Gasteiger charge is -2.12. The van der Waals surface area contributed by atoms with E-state index in [0.29, 0.717) is 17.9 Å². The molecule has 0 heterocycles. The van der Waals surface area contributed by atoms with E-state index in [4.69, 9.17) is 10.5 Å². The van der Waals surface area contributed by atoms with Crippen molar-refractivity contribution in [1.82, 2.24) is 0 Å². The van der Waals surface area contributed by atoms with Gasteiger partial charge in [-0.15, -0.1) is 0 Å². The summed E-state index contributed by atoms with van der Waals surface area (Å²) in [5, 5.41) is 0. The first-order valence-electron chi connectivity index (χ1n) is 7.05. The first kappa shape index (κ1) is 15.9. The van der Waals surface area contributed by atoms with Crippen LogP contribution >= 0.6 is 0 Å². The van der Waals surface area contributed by atoms with Crippen LogP contribution in [0.4, 0.5) is 8.78 Å². The first-order chi connectivity index (χ1) is 10.5. The Kier molecular flexibility index (Phi) is 5.09. The van der Waals surface area contributed by atoms with Gasteiger partial charge in [0.15, 0.2) is 0 Å². The Morgan fingerprint density at radius 1 is 1.14 bits per heavy atom. The first-order valence-corrected chi connectivity index (χ1v) is 7.05. The molecule has 5 heteroatoms. The van der Waals surface area contributed by atoms with Crippen LogP contribution in [-0.4, -0.2) is 12.5 Å². The number of rotatable bonds is 6. The lowest BCUT2D eigenvalue weighted by molar-refractivity contribution is 0.100. The van der Waals surface area contributed by atoms with Gasteiger partial charge in [0.2, 0.25) is 5.91 Å². The minimum absolute atomic E-state index is 0.108. The minimum atomic E-state index is -0.756. The molecule has 2 rings (SSSR count). The number of amides is 1. The summed E-state index contributed by atoms with van der Waals surface area (Å²) in [7, 11) is 0. The van der Waals surface area contributed by atoms with Crippen molar-refractivity contribution in [2.75, 3.05) is 6.61 Å². The SMILES string of the molecule is CCCCOc1ccc(C(N)=O)c(-c2ccc(F)cc2F)c1. The molecule has 1 amide bonds. The third-order valence-electron chi connectivity index (χ3n) is 3.24. The van der Waals surface area contributed by atoms with Crippen molar-refractivity contribution in [2.45, 2.75) is 19.8 Å². The molecule has 2 N–H and O–H groups in total. The number of halogens is 2. The zero-order valence-electron chi connectivity index (χ0n) is 12.2. The van der Waals surface area contributed by atoms with E-state index in [0.717, 1.165) is 25.0 Å². The van der Waals surface area contributed by atoms with Crippen LogP contribution in [0.3, 0.4) is 0 Å². The number of carbonyl (C=O) groups is 1. The number of hydrogen-bond acceptors (Lipinski definition) is 2. The lowest BCUT2D eigenvalue weighted by Crippen LogP contribution is -2.13. The summed E-state index contributed by atoms with van der Waals surface area (Å²) in [5.41, 5.74) is 5.89. The molecule has 0 saturated carbocycles. The smallest absolute Gasteiger partial charge is 0.249 e. The van der Waals surface area contributed by atoms with Gasteiger partial charge in [-0.3, -0.25) is 4.79 Å². The minimum Gasteiger partial charge on any atom is -0.494 e. The van der Waals surface area contributed by atoms with Gasteiger partial charge < -0.3 is 10.5 Å². The van der Waals surface area contributed by atoms with Crippen LogP contribution in [-0.2, 0) is 0 Å². The molecule has 0 saturated heterocycles. The zero-order chi connectivity index (χ0) is 16.1. The topological polar surface area (TPSA) is 52.3 Å². The maximum atomic E-state index is 14.0. The number of nitrogens with two attached hydrogens (primary N) is 1. The molecule has 0 atom stereocenters. The van der Waals surface area contributed by atoms with Gasteiger partial charge in [0, 0.05) is 22.8 Å². The van der Waals surface area contributed by atoms with Crippen molar-refractivity contribution in [3.63, 3.8) is 0 Å². The quantitative estimate of drug-likeness (QED) is 0.823. The fourth-order valence-corrected chi connectivity index (χ4v) is 2.09. The Balaban J connectivity index is 2.45. The normalized spacial score (nSPS) is 10.5. The average molecular weight is 305 g/mol. The number of benzene rings is 2. The molecule has 0 aliphatic carbocycles. The molecule has 0 spiro atoms. The van der Waals surface area contributed by atoms with Crippen LogP contribution in [0.2, 0.25) is 0 Å². The average Bonchev–Trinajstić information content (AvgIpc) is 2.47. The third-order valence-corrected chi connectivity index (χ3v) is 3.24. The van der Waals surface area contributed by atoms with Crippen LogP contribution in [0.1, 0.15) is 30.1 Å². The molecule has 0 bridgehead atoms. The molecule has 116 valence electrons. The van der Waals surface area contributed by atoms with E-state index >= 15 is 0 Å². The van der Waals surface area contributed by atoms with Crippen LogP contribution in [0.15, 0.2) is 36.4 Å². The van der Waals surface area contributed by atoms with Crippen molar-refractivity contribution in [3.8, 4) is 16.9 Å². The fraction of sp³-hybridized carbons (Fsp3) is 0.235. The van der Waals surface area contributed by atoms with Crippen LogP contribution in [0.5, 0.6) is 5.75 Å². The van der Waals surface area contributed by atoms with Crippen LogP contribution in [0, 0.1) is 11.6 Å². The summed E-state index contributed by atoms with van der Waals surface area (Å²) in [5.74, 6) is -1.61. The van der Waals surface area contributed by atoms with Crippen molar-refractivity contribution < 1.29 is 18.3 Å². The van der Waals surface area contributed by atoms with Gasteiger partial charge in [-0.1, -0.05) is 13.3 Å². The van der Waals surface area contributed by atoms with Gasteiger partial charge in [-0.25, -0.2) is 8.78 Å². The summed E-state index contributed by atoms with van der Waals surface area (Å²) in [6.07, 6.45) is 1.87. The summed E-state index contributed by atoms with van der Waals surface area (Å²) >= 11 is 0. The Bertz CT molecular complexity index is 686. The third kappa shape index (κ3) is 3.61. The van der Waals surface area contributed by atoms with Gasteiger partial charge in [0.1, 0.15) is 17.4 Å². The van der Waals surface area contributed by atoms with E-state index < -0.39 is 17.5 Å². The molecule has 2 aromatic carbocycles. The van der Waals surface area contributed by atoms with Crippen molar-refractivity contribution in [3.05, 3.63) is 53.6 Å². The van der Waals surface area contributed by atoms with Crippen LogP contribution in [0.25, 0.3) is 11.1 Å². The van der Waals surface area contributed by atoms with Gasteiger partial charge in [-0.05, 0) is 36.8 Å². The van der Waals surface area contributed by atoms with E-state index in [1.54, 1.807) is 12.1 Å². The highest BCUT2D eigenvalue weighted by Gasteiger charge is 2.15. The molecule has 2 aromatic rings. The molecule has 0 unspecified atom stereocenters. The second-order valence-electron chi connectivity index (χ2n) is 4.90. The highest BCUT2D eigenvalue weighted by atomic mass is 19.1. The Morgan fingerprint density at radius 2 is 1.91 bits per heavy atom. The highest BCUT2D eigenvalue weighted by molar-refractivity contribution is 6.00. The molecule has 0 aliphatic heterocycles. The summed E-state index contributed by atoms with van der Waals surface area (Å²) in [4.78, 5) is 11.5. The predicted octanol–water partition coefficient (Wildman–Crippen LogP) is 3.91. The number of unbranched alkanes of at least 4 members (excludes halogenated alkanes) is 1. The molecule has 0 aliphatic rings. The van der Waals surface area contributed by atoms with Crippen molar-refractivity contribution in [2.24, 2.45) is 5.73 Å². The van der Waals surface area contributed by atoms with Crippen molar-refractivity contribution >= 4 is 5.91 Å². The molecular formula is C17H17F2NO2. The van der Waals surface area contributed by atoms with E-state index in [1.807, 2.05) is 6.92 Å². The van der Waals surface area contributed by atoms with E-state index in [1.165, 1.54) is 12.1 Å². The van der Waals surface area contributed by atoms with Gasteiger partial charge in [0.05, 0.1) is 6.61 Å². The van der Waals surface area contributed by atoms with Gasteiger partial charge in [-0.2, -0.15) is 0 Å². The maximum absolute atomic E-state index is 14.0. The molecule has 0 radical (unpaired) electrons. The lowest BCUT2D eigenvalue weighted by atomic mass is 9.98. The standard InChI is InChI=1S/C17H17F2NO2/c1-2-3-8-22-12-5-7-14(17(20)21)15(10-12)13-6-4-11(18)9-16(13)19/h4-7,9-10H,2-3,8H2,1H3,(H2,20,21).